The highest BCUT2D eigenvalue weighted by atomic mass is 16.5. The van der Waals surface area contributed by atoms with Gasteiger partial charge >= 0.3 is 0 Å². The fraction of sp³-hybridized carbons (Fsp3) is 0.318. The topological polar surface area (TPSA) is 55.3 Å². The third-order valence-electron chi connectivity index (χ3n) is 5.16. The molecule has 2 N–H and O–H groups in total. The van der Waals surface area contributed by atoms with Gasteiger partial charge in [0.2, 0.25) is 0 Å². The highest BCUT2D eigenvalue weighted by Crippen LogP contribution is 2.19. The Labute approximate surface area is 159 Å². The minimum Gasteiger partial charge on any atom is -0.497 e. The summed E-state index contributed by atoms with van der Waals surface area (Å²) in [4.78, 5) is 12.9. The van der Waals surface area contributed by atoms with E-state index < -0.39 is 0 Å². The molecule has 3 aromatic rings. The van der Waals surface area contributed by atoms with Crippen molar-refractivity contribution in [2.45, 2.75) is 25.4 Å². The summed E-state index contributed by atoms with van der Waals surface area (Å²) in [5, 5.41) is 8.71. The molecule has 5 nitrogen and oxygen atoms in total. The van der Waals surface area contributed by atoms with Crippen LogP contribution in [0.4, 0.5) is 5.69 Å². The normalized spacial score (nSPS) is 17.0. The van der Waals surface area contributed by atoms with Gasteiger partial charge in [0.25, 0.3) is 5.56 Å². The molecule has 0 aliphatic carbocycles. The fourth-order valence-electron chi connectivity index (χ4n) is 3.64. The zero-order valence-electron chi connectivity index (χ0n) is 15.6. The lowest BCUT2D eigenvalue weighted by molar-refractivity contribution is 0.414. The molecule has 0 amide bonds. The standard InChI is InChI=1S/C22H25N3O2/c1-27-20-7-4-16(5-8-20)15-25-12-10-17-13-18(6-9-21(17)22(25)26)24-19-3-2-11-23-14-19/h4-10,12-13,19,23-24H,2-3,11,14-15H2,1H3. The second kappa shape index (κ2) is 7.84. The maximum absolute atomic E-state index is 12.9. The predicted octanol–water partition coefficient (Wildman–Crippen LogP) is 3.22. The van der Waals surface area contributed by atoms with Gasteiger partial charge in [0, 0.05) is 29.9 Å². The van der Waals surface area contributed by atoms with Crippen LogP contribution >= 0.6 is 0 Å². The Morgan fingerprint density at radius 1 is 1.19 bits per heavy atom. The lowest BCUT2D eigenvalue weighted by Crippen LogP contribution is -2.38. The zero-order valence-corrected chi connectivity index (χ0v) is 15.6. The quantitative estimate of drug-likeness (QED) is 0.731. The van der Waals surface area contributed by atoms with E-state index in [9.17, 15) is 4.79 Å². The van der Waals surface area contributed by atoms with Crippen LogP contribution in [-0.4, -0.2) is 30.8 Å². The number of benzene rings is 2. The Hall–Kier alpha value is -2.79. The van der Waals surface area contributed by atoms with E-state index in [-0.39, 0.29) is 5.56 Å². The van der Waals surface area contributed by atoms with Crippen LogP contribution in [0.5, 0.6) is 5.75 Å². The maximum Gasteiger partial charge on any atom is 0.258 e. The molecule has 1 saturated heterocycles. The molecule has 1 unspecified atom stereocenters. The summed E-state index contributed by atoms with van der Waals surface area (Å²) in [6.45, 7) is 2.64. The second-order valence-corrected chi connectivity index (χ2v) is 7.09. The lowest BCUT2D eigenvalue weighted by atomic mass is 10.1. The van der Waals surface area contributed by atoms with Crippen molar-refractivity contribution in [1.29, 1.82) is 0 Å². The molecule has 1 aliphatic rings. The third-order valence-corrected chi connectivity index (χ3v) is 5.16. The molecule has 1 aliphatic heterocycles. The zero-order chi connectivity index (χ0) is 18.6. The van der Waals surface area contributed by atoms with Gasteiger partial charge in [-0.3, -0.25) is 4.79 Å². The smallest absolute Gasteiger partial charge is 0.258 e. The van der Waals surface area contributed by atoms with E-state index >= 15 is 0 Å². The number of anilines is 1. The highest BCUT2D eigenvalue weighted by molar-refractivity contribution is 5.84. The Kier molecular flexibility index (Phi) is 5.12. The number of aromatic nitrogens is 1. The minimum atomic E-state index is 0.0363. The van der Waals surface area contributed by atoms with Crippen molar-refractivity contribution in [2.75, 3.05) is 25.5 Å². The number of fused-ring (bicyclic) bond motifs is 1. The van der Waals surface area contributed by atoms with Crippen molar-refractivity contribution < 1.29 is 4.74 Å². The average molecular weight is 363 g/mol. The van der Waals surface area contributed by atoms with E-state index in [0.29, 0.717) is 12.6 Å². The van der Waals surface area contributed by atoms with Gasteiger partial charge in [0.1, 0.15) is 5.75 Å². The summed E-state index contributed by atoms with van der Waals surface area (Å²) in [5.41, 5.74) is 2.18. The number of hydrogen-bond donors (Lipinski definition) is 2. The van der Waals surface area contributed by atoms with Crippen molar-refractivity contribution in [3.05, 3.63) is 70.6 Å². The van der Waals surface area contributed by atoms with Gasteiger partial charge in [-0.05, 0) is 66.7 Å². The average Bonchev–Trinajstić information content (AvgIpc) is 2.71. The molecule has 5 heteroatoms. The summed E-state index contributed by atoms with van der Waals surface area (Å²) in [5.74, 6) is 0.817. The molecule has 1 fully saturated rings. The van der Waals surface area contributed by atoms with E-state index in [4.69, 9.17) is 4.74 Å². The number of nitrogens with zero attached hydrogens (tertiary/aromatic N) is 1. The molecule has 4 rings (SSSR count). The largest absolute Gasteiger partial charge is 0.497 e. The van der Waals surface area contributed by atoms with Crippen molar-refractivity contribution in [3.8, 4) is 5.75 Å². The molecule has 2 aromatic carbocycles. The molecule has 0 spiro atoms. The first-order chi connectivity index (χ1) is 13.2. The molecule has 1 atom stereocenters. The number of nitrogens with one attached hydrogen (secondary N) is 2. The van der Waals surface area contributed by atoms with E-state index in [0.717, 1.165) is 40.9 Å². The lowest BCUT2D eigenvalue weighted by Gasteiger charge is -2.25. The Balaban J connectivity index is 1.56. The molecule has 1 aromatic heterocycles. The van der Waals surface area contributed by atoms with Gasteiger partial charge in [-0.1, -0.05) is 12.1 Å². The third kappa shape index (κ3) is 3.98. The van der Waals surface area contributed by atoms with Gasteiger partial charge < -0.3 is 19.9 Å². The van der Waals surface area contributed by atoms with Crippen molar-refractivity contribution in [3.63, 3.8) is 0 Å². The van der Waals surface area contributed by atoms with Gasteiger partial charge in [-0.25, -0.2) is 0 Å². The Bertz CT molecular complexity index is 973. The summed E-state index contributed by atoms with van der Waals surface area (Å²) in [7, 11) is 1.65. The summed E-state index contributed by atoms with van der Waals surface area (Å²) in [6.07, 6.45) is 4.25. The van der Waals surface area contributed by atoms with Gasteiger partial charge in [-0.2, -0.15) is 0 Å². The van der Waals surface area contributed by atoms with Crippen LogP contribution in [0.1, 0.15) is 18.4 Å². The molecule has 0 saturated carbocycles. The minimum absolute atomic E-state index is 0.0363. The molecular formula is C22H25N3O2. The Morgan fingerprint density at radius 2 is 2.04 bits per heavy atom. The van der Waals surface area contributed by atoms with E-state index in [1.54, 1.807) is 11.7 Å². The van der Waals surface area contributed by atoms with Gasteiger partial charge in [0.05, 0.1) is 13.7 Å². The van der Waals surface area contributed by atoms with Crippen LogP contribution in [0.2, 0.25) is 0 Å². The number of methoxy groups -OCH3 is 1. The first-order valence-corrected chi connectivity index (χ1v) is 9.46. The molecule has 0 radical (unpaired) electrons. The maximum atomic E-state index is 12.9. The number of hydrogen-bond acceptors (Lipinski definition) is 4. The first kappa shape index (κ1) is 17.6. The van der Waals surface area contributed by atoms with E-state index in [1.165, 1.54) is 12.8 Å². The molecule has 0 bridgehead atoms. The SMILES string of the molecule is COc1ccc(Cn2ccc3cc(NC4CCCNC4)ccc3c2=O)cc1. The number of pyridine rings is 1. The van der Waals surface area contributed by atoms with Crippen LogP contribution in [0.25, 0.3) is 10.8 Å². The molecule has 27 heavy (non-hydrogen) atoms. The number of ether oxygens (including phenoxy) is 1. The van der Waals surface area contributed by atoms with E-state index in [1.807, 2.05) is 48.7 Å². The van der Waals surface area contributed by atoms with Crippen LogP contribution < -0.4 is 20.9 Å². The monoisotopic (exact) mass is 363 g/mol. The van der Waals surface area contributed by atoms with Crippen LogP contribution in [0, 0.1) is 0 Å². The predicted molar refractivity (Wildman–Crippen MR) is 110 cm³/mol. The molecule has 2 heterocycles. The van der Waals surface area contributed by atoms with Crippen LogP contribution in [0.15, 0.2) is 59.5 Å². The first-order valence-electron chi connectivity index (χ1n) is 9.46. The van der Waals surface area contributed by atoms with Crippen molar-refractivity contribution in [1.82, 2.24) is 9.88 Å². The number of rotatable bonds is 5. The Morgan fingerprint density at radius 3 is 2.78 bits per heavy atom. The fourth-order valence-corrected chi connectivity index (χ4v) is 3.64. The van der Waals surface area contributed by atoms with Crippen LogP contribution in [0.3, 0.4) is 0 Å². The second-order valence-electron chi connectivity index (χ2n) is 7.09. The summed E-state index contributed by atoms with van der Waals surface area (Å²) in [6, 6.07) is 16.3. The van der Waals surface area contributed by atoms with Gasteiger partial charge in [0.15, 0.2) is 0 Å². The van der Waals surface area contributed by atoms with Crippen molar-refractivity contribution >= 4 is 16.5 Å². The molecular weight excluding hydrogens is 338 g/mol. The van der Waals surface area contributed by atoms with Crippen LogP contribution in [-0.2, 0) is 6.54 Å². The van der Waals surface area contributed by atoms with Gasteiger partial charge in [-0.15, -0.1) is 0 Å². The van der Waals surface area contributed by atoms with Crippen molar-refractivity contribution in [2.24, 2.45) is 0 Å². The number of piperidine rings is 1. The summed E-state index contributed by atoms with van der Waals surface area (Å²) >= 11 is 0. The summed E-state index contributed by atoms with van der Waals surface area (Å²) < 4.78 is 6.94. The van der Waals surface area contributed by atoms with E-state index in [2.05, 4.69) is 16.7 Å². The molecule has 140 valence electrons. The highest BCUT2D eigenvalue weighted by Gasteiger charge is 2.13.